The molecule has 9 nitrogen and oxygen atoms in total. The standard InChI is InChI=1S/C16H20F3N5O4S/c1-16(19,29(26,27)11-7-23(2)22-13(11)14(17)18)10-3-5-24(6-4-10)15(25)21-12-8-28-9-20-12/h7-10,14H,3-6H2,1-2H3,(H,21,25)/t16-/m1/s1. The number of anilines is 1. The van der Waals surface area contributed by atoms with E-state index in [9.17, 15) is 22.0 Å². The Morgan fingerprint density at radius 3 is 2.59 bits per heavy atom. The van der Waals surface area contributed by atoms with Gasteiger partial charge in [-0.1, -0.05) is 0 Å². The fourth-order valence-electron chi connectivity index (χ4n) is 3.34. The van der Waals surface area contributed by atoms with E-state index in [1.165, 1.54) is 18.2 Å². The lowest BCUT2D eigenvalue weighted by Crippen LogP contribution is -2.48. The van der Waals surface area contributed by atoms with E-state index in [4.69, 9.17) is 4.42 Å². The van der Waals surface area contributed by atoms with Crippen molar-refractivity contribution in [3.05, 3.63) is 24.5 Å². The second-order valence-corrected chi connectivity index (χ2v) is 9.15. The average molecular weight is 435 g/mol. The van der Waals surface area contributed by atoms with Crippen LogP contribution in [0.15, 0.2) is 28.2 Å². The van der Waals surface area contributed by atoms with Crippen molar-refractivity contribution in [2.45, 2.75) is 36.1 Å². The number of alkyl halides is 3. The number of hydrogen-bond donors (Lipinski definition) is 1. The monoisotopic (exact) mass is 435 g/mol. The molecule has 3 heterocycles. The van der Waals surface area contributed by atoms with Gasteiger partial charge < -0.3 is 9.32 Å². The topological polar surface area (TPSA) is 110 Å². The minimum atomic E-state index is -4.74. The van der Waals surface area contributed by atoms with E-state index in [1.807, 2.05) is 0 Å². The van der Waals surface area contributed by atoms with E-state index in [0.717, 1.165) is 24.2 Å². The summed E-state index contributed by atoms with van der Waals surface area (Å²) in [4.78, 5) is 16.5. The molecule has 1 fully saturated rings. The third-order valence-electron chi connectivity index (χ3n) is 5.02. The molecular formula is C16H20F3N5O4S. The first kappa shape index (κ1) is 21.1. The van der Waals surface area contributed by atoms with E-state index in [1.54, 1.807) is 0 Å². The Balaban J connectivity index is 1.73. The molecule has 3 rings (SSSR count). The highest BCUT2D eigenvalue weighted by atomic mass is 32.2. The highest BCUT2D eigenvalue weighted by molar-refractivity contribution is 7.92. The maximum atomic E-state index is 15.5. The van der Waals surface area contributed by atoms with Crippen molar-refractivity contribution >= 4 is 21.7 Å². The van der Waals surface area contributed by atoms with Gasteiger partial charge in [-0.05, 0) is 19.8 Å². The number of urea groups is 1. The number of aryl methyl sites for hydroxylation is 1. The third kappa shape index (κ3) is 3.95. The first-order valence-electron chi connectivity index (χ1n) is 8.73. The lowest BCUT2D eigenvalue weighted by molar-refractivity contribution is 0.116. The molecule has 2 aromatic rings. The zero-order valence-corrected chi connectivity index (χ0v) is 16.5. The minimum absolute atomic E-state index is 0.0444. The summed E-state index contributed by atoms with van der Waals surface area (Å²) in [5.74, 6) is -0.763. The van der Waals surface area contributed by atoms with Crippen molar-refractivity contribution in [3.63, 3.8) is 0 Å². The van der Waals surface area contributed by atoms with Crippen LogP contribution in [-0.4, -0.2) is 52.2 Å². The summed E-state index contributed by atoms with van der Waals surface area (Å²) in [6.07, 6.45) is 0.206. The minimum Gasteiger partial charge on any atom is -0.449 e. The van der Waals surface area contributed by atoms with Gasteiger partial charge in [0.15, 0.2) is 12.2 Å². The number of carbonyl (C=O) groups is 1. The fraction of sp³-hybridized carbons (Fsp3) is 0.562. The lowest BCUT2D eigenvalue weighted by Gasteiger charge is -2.37. The summed E-state index contributed by atoms with van der Waals surface area (Å²) in [7, 11) is -3.46. The number of oxazole rings is 1. The Morgan fingerprint density at radius 1 is 1.38 bits per heavy atom. The van der Waals surface area contributed by atoms with Crippen LogP contribution in [0.3, 0.4) is 0 Å². The molecule has 1 N–H and O–H groups in total. The molecule has 1 atom stereocenters. The molecule has 0 aromatic carbocycles. The molecule has 2 amide bonds. The number of amides is 2. The molecule has 0 bridgehead atoms. The van der Waals surface area contributed by atoms with Crippen LogP contribution in [0.5, 0.6) is 0 Å². The van der Waals surface area contributed by atoms with Gasteiger partial charge in [0, 0.05) is 32.3 Å². The van der Waals surface area contributed by atoms with Crippen LogP contribution in [0.1, 0.15) is 31.9 Å². The van der Waals surface area contributed by atoms with Crippen LogP contribution in [-0.2, 0) is 16.9 Å². The second-order valence-electron chi connectivity index (χ2n) is 6.91. The Kier molecular flexibility index (Phi) is 5.61. The second kappa shape index (κ2) is 7.69. The van der Waals surface area contributed by atoms with Gasteiger partial charge in [-0.3, -0.25) is 10.00 Å². The van der Waals surface area contributed by atoms with E-state index >= 15 is 4.39 Å². The van der Waals surface area contributed by atoms with Crippen LogP contribution in [0, 0.1) is 5.92 Å². The third-order valence-corrected chi connectivity index (χ3v) is 7.30. The number of sulfone groups is 1. The highest BCUT2D eigenvalue weighted by Gasteiger charge is 2.50. The van der Waals surface area contributed by atoms with Crippen molar-refractivity contribution in [1.82, 2.24) is 19.7 Å². The summed E-state index contributed by atoms with van der Waals surface area (Å²) in [5, 5.41) is 3.15. The van der Waals surface area contributed by atoms with E-state index < -0.39 is 43.8 Å². The van der Waals surface area contributed by atoms with Gasteiger partial charge in [0.05, 0.1) is 0 Å². The first-order chi connectivity index (χ1) is 13.5. The van der Waals surface area contributed by atoms with Crippen molar-refractivity contribution < 1.29 is 30.8 Å². The molecule has 160 valence electrons. The van der Waals surface area contributed by atoms with Crippen molar-refractivity contribution in [1.29, 1.82) is 0 Å². The molecule has 1 saturated heterocycles. The van der Waals surface area contributed by atoms with Gasteiger partial charge in [0.25, 0.3) is 6.43 Å². The van der Waals surface area contributed by atoms with Gasteiger partial charge in [-0.25, -0.2) is 26.4 Å². The molecule has 1 aliphatic heterocycles. The van der Waals surface area contributed by atoms with E-state index in [2.05, 4.69) is 15.4 Å². The Labute approximate surface area is 164 Å². The highest BCUT2D eigenvalue weighted by Crippen LogP contribution is 2.41. The molecule has 0 aliphatic carbocycles. The van der Waals surface area contributed by atoms with Crippen LogP contribution in [0.25, 0.3) is 0 Å². The van der Waals surface area contributed by atoms with Gasteiger partial charge in [0.2, 0.25) is 14.8 Å². The molecule has 0 unspecified atom stereocenters. The first-order valence-corrected chi connectivity index (χ1v) is 10.2. The van der Waals surface area contributed by atoms with Gasteiger partial charge in [0.1, 0.15) is 16.9 Å². The predicted octanol–water partition coefficient (Wildman–Crippen LogP) is 2.75. The number of nitrogens with zero attached hydrogens (tertiary/aromatic N) is 4. The molecule has 0 saturated carbocycles. The van der Waals surface area contributed by atoms with E-state index in [0.29, 0.717) is 0 Å². The zero-order chi connectivity index (χ0) is 21.4. The van der Waals surface area contributed by atoms with Gasteiger partial charge >= 0.3 is 6.03 Å². The summed E-state index contributed by atoms with van der Waals surface area (Å²) in [6, 6.07) is -0.479. The van der Waals surface area contributed by atoms with Gasteiger partial charge in [-0.15, -0.1) is 0 Å². The fourth-order valence-corrected chi connectivity index (χ4v) is 5.14. The number of carbonyl (C=O) groups excluding carboxylic acids is 1. The summed E-state index contributed by atoms with van der Waals surface area (Å²) in [5.41, 5.74) is -0.971. The van der Waals surface area contributed by atoms with E-state index in [-0.39, 0.29) is 31.7 Å². The molecule has 13 heteroatoms. The van der Waals surface area contributed by atoms with Crippen LogP contribution in [0.2, 0.25) is 0 Å². The number of halogens is 3. The van der Waals surface area contributed by atoms with Crippen LogP contribution >= 0.6 is 0 Å². The number of piperidine rings is 1. The maximum absolute atomic E-state index is 15.5. The zero-order valence-electron chi connectivity index (χ0n) is 15.7. The number of likely N-dealkylation sites (tertiary alicyclic amines) is 1. The molecule has 2 aromatic heterocycles. The lowest BCUT2D eigenvalue weighted by atomic mass is 9.92. The maximum Gasteiger partial charge on any atom is 0.323 e. The SMILES string of the molecule is Cn1cc(S(=O)(=O)[C@@](C)(F)C2CCN(C(=O)Nc3cocn3)CC2)c(C(F)F)n1. The molecule has 0 radical (unpaired) electrons. The van der Waals surface area contributed by atoms with Gasteiger partial charge in [-0.2, -0.15) is 10.1 Å². The van der Waals surface area contributed by atoms with Crippen molar-refractivity contribution in [2.24, 2.45) is 13.0 Å². The summed E-state index contributed by atoms with van der Waals surface area (Å²) < 4.78 is 73.2. The predicted molar refractivity (Wildman–Crippen MR) is 94.7 cm³/mol. The van der Waals surface area contributed by atoms with Crippen LogP contribution < -0.4 is 5.32 Å². The molecular weight excluding hydrogens is 415 g/mol. The van der Waals surface area contributed by atoms with Crippen molar-refractivity contribution in [3.8, 4) is 0 Å². The average Bonchev–Trinajstić information content (AvgIpc) is 3.31. The summed E-state index contributed by atoms with van der Waals surface area (Å²) in [6.45, 7) is 1.07. The molecule has 0 spiro atoms. The Hall–Kier alpha value is -2.57. The summed E-state index contributed by atoms with van der Waals surface area (Å²) >= 11 is 0. The normalized spacial score (nSPS) is 18.1. The largest absolute Gasteiger partial charge is 0.449 e. The van der Waals surface area contributed by atoms with Crippen LogP contribution in [0.4, 0.5) is 23.8 Å². The molecule has 29 heavy (non-hydrogen) atoms. The van der Waals surface area contributed by atoms with Crippen molar-refractivity contribution in [2.75, 3.05) is 18.4 Å². The Bertz CT molecular complexity index is 967. The number of hydrogen-bond acceptors (Lipinski definition) is 6. The Morgan fingerprint density at radius 2 is 2.03 bits per heavy atom. The molecule has 1 aliphatic rings. The quantitative estimate of drug-likeness (QED) is 0.773. The smallest absolute Gasteiger partial charge is 0.323 e. The number of aromatic nitrogens is 3. The number of rotatable bonds is 5. The number of nitrogens with one attached hydrogen (secondary N) is 1.